The molecule has 0 radical (unpaired) electrons. The minimum atomic E-state index is 0.253. The van der Waals surface area contributed by atoms with E-state index >= 15 is 0 Å². The summed E-state index contributed by atoms with van der Waals surface area (Å²) in [5.74, 6) is 0.935. The molecule has 1 fully saturated rings. The van der Waals surface area contributed by atoms with Crippen LogP contribution in [0.5, 0.6) is 5.75 Å². The number of halogens is 1. The van der Waals surface area contributed by atoms with Crippen LogP contribution in [0.1, 0.15) is 37.3 Å². The van der Waals surface area contributed by atoms with Gasteiger partial charge in [0.1, 0.15) is 5.75 Å². The van der Waals surface area contributed by atoms with E-state index in [1.165, 1.54) is 17.5 Å². The second-order valence-corrected chi connectivity index (χ2v) is 5.70. The van der Waals surface area contributed by atoms with Crippen molar-refractivity contribution in [3.05, 3.63) is 29.3 Å². The Hall–Kier alpha value is -0.690. The first-order valence-electron chi connectivity index (χ1n) is 5.84. The summed E-state index contributed by atoms with van der Waals surface area (Å²) in [6, 6.07) is 6.36. The summed E-state index contributed by atoms with van der Waals surface area (Å²) in [7, 11) is 1.71. The number of methoxy groups -OCH3 is 1. The third kappa shape index (κ3) is 2.06. The van der Waals surface area contributed by atoms with E-state index < -0.39 is 0 Å². The van der Waals surface area contributed by atoms with Crippen LogP contribution in [-0.2, 0) is 5.41 Å². The minimum Gasteiger partial charge on any atom is -0.497 e. The highest BCUT2D eigenvalue weighted by molar-refractivity contribution is 6.20. The Labute approximate surface area is 103 Å². The highest BCUT2D eigenvalue weighted by Crippen LogP contribution is 2.44. The van der Waals surface area contributed by atoms with E-state index in [2.05, 4.69) is 32.0 Å². The molecule has 16 heavy (non-hydrogen) atoms. The standard InChI is InChI=1S/C14H19ClO/c1-10-8-12(16-3)4-5-13(10)14(2)7-6-11(15)9-14/h4-5,8,11H,6-7,9H2,1-3H3. The lowest BCUT2D eigenvalue weighted by Gasteiger charge is -2.26. The Bertz CT molecular complexity index is 388. The molecule has 1 saturated carbocycles. The SMILES string of the molecule is COc1ccc(C2(C)CCC(Cl)C2)c(C)c1. The zero-order valence-electron chi connectivity index (χ0n) is 10.2. The van der Waals surface area contributed by atoms with Gasteiger partial charge in [0.05, 0.1) is 7.11 Å². The molecule has 1 aromatic carbocycles. The van der Waals surface area contributed by atoms with E-state index in [0.29, 0.717) is 5.38 Å². The first-order chi connectivity index (χ1) is 7.55. The highest BCUT2D eigenvalue weighted by atomic mass is 35.5. The third-order valence-corrected chi connectivity index (χ3v) is 4.14. The Balaban J connectivity index is 2.33. The number of ether oxygens (including phenoxy) is 1. The van der Waals surface area contributed by atoms with Crippen LogP contribution in [0.2, 0.25) is 0 Å². The number of rotatable bonds is 2. The van der Waals surface area contributed by atoms with Crippen molar-refractivity contribution in [2.24, 2.45) is 0 Å². The van der Waals surface area contributed by atoms with Gasteiger partial charge in [-0.3, -0.25) is 0 Å². The molecule has 1 aliphatic rings. The minimum absolute atomic E-state index is 0.253. The van der Waals surface area contributed by atoms with Crippen molar-refractivity contribution in [1.29, 1.82) is 0 Å². The Morgan fingerprint density at radius 2 is 2.19 bits per heavy atom. The fourth-order valence-corrected chi connectivity index (χ4v) is 3.30. The summed E-state index contributed by atoms with van der Waals surface area (Å²) >= 11 is 6.23. The van der Waals surface area contributed by atoms with Crippen molar-refractivity contribution >= 4 is 11.6 Å². The van der Waals surface area contributed by atoms with Crippen LogP contribution in [0, 0.1) is 6.92 Å². The molecule has 2 rings (SSSR count). The second-order valence-electron chi connectivity index (χ2n) is 5.08. The molecule has 0 N–H and O–H groups in total. The maximum absolute atomic E-state index is 6.23. The average molecular weight is 239 g/mol. The molecular formula is C14H19ClO. The summed E-state index contributed by atoms with van der Waals surface area (Å²) in [6.45, 7) is 4.48. The highest BCUT2D eigenvalue weighted by Gasteiger charge is 2.36. The molecule has 2 unspecified atom stereocenters. The Morgan fingerprint density at radius 1 is 1.44 bits per heavy atom. The predicted molar refractivity (Wildman–Crippen MR) is 68.6 cm³/mol. The van der Waals surface area contributed by atoms with Crippen molar-refractivity contribution < 1.29 is 4.74 Å². The molecule has 1 aromatic rings. The fraction of sp³-hybridized carbons (Fsp3) is 0.571. The molecule has 0 aromatic heterocycles. The molecule has 0 heterocycles. The van der Waals surface area contributed by atoms with Gasteiger partial charge in [-0.05, 0) is 54.9 Å². The molecule has 0 amide bonds. The van der Waals surface area contributed by atoms with Crippen molar-refractivity contribution in [3.8, 4) is 5.75 Å². The zero-order valence-corrected chi connectivity index (χ0v) is 11.0. The van der Waals surface area contributed by atoms with E-state index in [9.17, 15) is 0 Å². The molecular weight excluding hydrogens is 220 g/mol. The second kappa shape index (κ2) is 4.29. The Kier molecular flexibility index (Phi) is 3.16. The molecule has 2 heteroatoms. The largest absolute Gasteiger partial charge is 0.497 e. The van der Waals surface area contributed by atoms with Gasteiger partial charge in [-0.25, -0.2) is 0 Å². The van der Waals surface area contributed by atoms with Gasteiger partial charge in [-0.15, -0.1) is 11.6 Å². The van der Waals surface area contributed by atoms with Gasteiger partial charge >= 0.3 is 0 Å². The first kappa shape index (κ1) is 11.8. The third-order valence-electron chi connectivity index (χ3n) is 3.77. The van der Waals surface area contributed by atoms with E-state index in [0.717, 1.165) is 18.6 Å². The lowest BCUT2D eigenvalue weighted by molar-refractivity contribution is 0.413. The van der Waals surface area contributed by atoms with E-state index in [4.69, 9.17) is 16.3 Å². The fourth-order valence-electron chi connectivity index (χ4n) is 2.85. The number of aryl methyl sites for hydroxylation is 1. The first-order valence-corrected chi connectivity index (χ1v) is 6.28. The van der Waals surface area contributed by atoms with Crippen LogP contribution >= 0.6 is 11.6 Å². The number of hydrogen-bond acceptors (Lipinski definition) is 1. The zero-order chi connectivity index (χ0) is 11.8. The summed E-state index contributed by atoms with van der Waals surface area (Å²) in [4.78, 5) is 0. The number of benzene rings is 1. The van der Waals surface area contributed by atoms with Crippen LogP contribution in [0.4, 0.5) is 0 Å². The van der Waals surface area contributed by atoms with Crippen molar-refractivity contribution in [1.82, 2.24) is 0 Å². The van der Waals surface area contributed by atoms with E-state index in [-0.39, 0.29) is 5.41 Å². The van der Waals surface area contributed by atoms with Gasteiger partial charge in [0.25, 0.3) is 0 Å². The lowest BCUT2D eigenvalue weighted by atomic mass is 9.79. The predicted octanol–water partition coefficient (Wildman–Crippen LogP) is 4.05. The molecule has 0 bridgehead atoms. The van der Waals surface area contributed by atoms with Crippen molar-refractivity contribution in [2.75, 3.05) is 7.11 Å². The van der Waals surface area contributed by atoms with Gasteiger partial charge in [0, 0.05) is 5.38 Å². The molecule has 2 atom stereocenters. The summed E-state index contributed by atoms with van der Waals surface area (Å²) < 4.78 is 5.24. The molecule has 0 saturated heterocycles. The maximum Gasteiger partial charge on any atom is 0.119 e. The Morgan fingerprint density at radius 3 is 2.69 bits per heavy atom. The molecule has 88 valence electrons. The average Bonchev–Trinajstić information content (AvgIpc) is 2.59. The van der Waals surface area contributed by atoms with Gasteiger partial charge in [-0.2, -0.15) is 0 Å². The topological polar surface area (TPSA) is 9.23 Å². The van der Waals surface area contributed by atoms with Gasteiger partial charge in [0.2, 0.25) is 0 Å². The van der Waals surface area contributed by atoms with Crippen molar-refractivity contribution in [3.63, 3.8) is 0 Å². The van der Waals surface area contributed by atoms with Crippen LogP contribution in [0.3, 0.4) is 0 Å². The summed E-state index contributed by atoms with van der Waals surface area (Å²) in [6.07, 6.45) is 3.40. The smallest absolute Gasteiger partial charge is 0.119 e. The monoisotopic (exact) mass is 238 g/mol. The summed E-state index contributed by atoms with van der Waals surface area (Å²) in [5, 5.41) is 0.339. The quantitative estimate of drug-likeness (QED) is 0.707. The van der Waals surface area contributed by atoms with Gasteiger partial charge in [0.15, 0.2) is 0 Å². The molecule has 0 aliphatic heterocycles. The lowest BCUT2D eigenvalue weighted by Crippen LogP contribution is -2.19. The number of hydrogen-bond donors (Lipinski definition) is 0. The van der Waals surface area contributed by atoms with Crippen LogP contribution in [0.25, 0.3) is 0 Å². The van der Waals surface area contributed by atoms with Crippen LogP contribution in [0.15, 0.2) is 18.2 Å². The van der Waals surface area contributed by atoms with Crippen molar-refractivity contribution in [2.45, 2.75) is 43.9 Å². The molecule has 1 nitrogen and oxygen atoms in total. The molecule has 0 spiro atoms. The number of alkyl halides is 1. The summed E-state index contributed by atoms with van der Waals surface area (Å²) in [5.41, 5.74) is 2.99. The maximum atomic E-state index is 6.23. The van der Waals surface area contributed by atoms with Crippen LogP contribution in [-0.4, -0.2) is 12.5 Å². The van der Waals surface area contributed by atoms with Gasteiger partial charge < -0.3 is 4.74 Å². The van der Waals surface area contributed by atoms with Crippen LogP contribution < -0.4 is 4.74 Å². The van der Waals surface area contributed by atoms with E-state index in [1.807, 2.05) is 0 Å². The van der Waals surface area contributed by atoms with E-state index in [1.54, 1.807) is 7.11 Å². The van der Waals surface area contributed by atoms with Gasteiger partial charge in [-0.1, -0.05) is 13.0 Å². The normalized spacial score (nSPS) is 29.4. The molecule has 1 aliphatic carbocycles.